The van der Waals surface area contributed by atoms with Crippen LogP contribution in [0.1, 0.15) is 37.4 Å². The van der Waals surface area contributed by atoms with Crippen molar-refractivity contribution in [3.8, 4) is 0 Å². The van der Waals surface area contributed by atoms with Gasteiger partial charge in [0, 0.05) is 25.8 Å². The fourth-order valence-electron chi connectivity index (χ4n) is 2.96. The van der Waals surface area contributed by atoms with Crippen molar-refractivity contribution in [1.82, 2.24) is 4.90 Å². The second-order valence-corrected chi connectivity index (χ2v) is 5.90. The molecule has 0 saturated carbocycles. The van der Waals surface area contributed by atoms with Crippen molar-refractivity contribution >= 4 is 11.9 Å². The second-order valence-electron chi connectivity index (χ2n) is 5.90. The Morgan fingerprint density at radius 3 is 2.46 bits per heavy atom. The summed E-state index contributed by atoms with van der Waals surface area (Å²) < 4.78 is 5.07. The molecule has 1 aliphatic rings. The summed E-state index contributed by atoms with van der Waals surface area (Å²) in [6.07, 6.45) is 0.739. The van der Waals surface area contributed by atoms with Gasteiger partial charge in [0.1, 0.15) is 0 Å². The monoisotopic (exact) mass is 325 g/mol. The van der Waals surface area contributed by atoms with Gasteiger partial charge < -0.3 is 14.7 Å². The van der Waals surface area contributed by atoms with E-state index in [0.717, 1.165) is 23.1 Å². The van der Waals surface area contributed by atoms with Crippen molar-refractivity contribution in [3.05, 3.63) is 70.3 Å². The Kier molecular flexibility index (Phi) is 4.62. The van der Waals surface area contributed by atoms with Crippen molar-refractivity contribution in [2.24, 2.45) is 0 Å². The summed E-state index contributed by atoms with van der Waals surface area (Å²) in [6.45, 7) is 1.59. The number of ether oxygens (including phenoxy) is 1. The molecule has 0 unspecified atom stereocenters. The lowest BCUT2D eigenvalue weighted by molar-refractivity contribution is 0.0696. The van der Waals surface area contributed by atoms with E-state index in [9.17, 15) is 9.59 Å². The summed E-state index contributed by atoms with van der Waals surface area (Å²) in [5.41, 5.74) is 3.92. The molecule has 0 saturated heterocycles. The van der Waals surface area contributed by atoms with Crippen LogP contribution in [0.5, 0.6) is 0 Å². The average molecular weight is 325 g/mol. The SMILES string of the molecule is COCc1ccc(C(=O)N2CCc3ccc(C(=O)O)cc3C2)cc1. The third kappa shape index (κ3) is 3.31. The van der Waals surface area contributed by atoms with Crippen molar-refractivity contribution in [2.45, 2.75) is 19.6 Å². The molecular weight excluding hydrogens is 306 g/mol. The molecular formula is C19H19NO4. The molecule has 1 N–H and O–H groups in total. The number of carboxylic acid groups (broad SMARTS) is 1. The van der Waals surface area contributed by atoms with Gasteiger partial charge in [0.25, 0.3) is 5.91 Å². The minimum absolute atomic E-state index is 0.0367. The number of methoxy groups -OCH3 is 1. The number of carboxylic acids is 1. The van der Waals surface area contributed by atoms with E-state index in [-0.39, 0.29) is 11.5 Å². The summed E-state index contributed by atoms with van der Waals surface area (Å²) in [6, 6.07) is 12.5. The third-order valence-electron chi connectivity index (χ3n) is 4.26. The first-order valence-electron chi connectivity index (χ1n) is 7.80. The van der Waals surface area contributed by atoms with Crippen LogP contribution in [0.2, 0.25) is 0 Å². The minimum Gasteiger partial charge on any atom is -0.478 e. The maximum absolute atomic E-state index is 12.7. The number of carbonyl (C=O) groups is 2. The zero-order chi connectivity index (χ0) is 17.1. The first kappa shape index (κ1) is 16.2. The Labute approximate surface area is 140 Å². The average Bonchev–Trinajstić information content (AvgIpc) is 2.61. The van der Waals surface area contributed by atoms with Crippen LogP contribution in [-0.2, 0) is 24.3 Å². The van der Waals surface area contributed by atoms with Crippen LogP contribution in [0, 0.1) is 0 Å². The van der Waals surface area contributed by atoms with E-state index in [1.807, 2.05) is 18.2 Å². The second kappa shape index (κ2) is 6.84. The molecule has 1 heterocycles. The normalized spacial score (nSPS) is 13.5. The summed E-state index contributed by atoms with van der Waals surface area (Å²) >= 11 is 0. The van der Waals surface area contributed by atoms with Crippen LogP contribution in [0.4, 0.5) is 0 Å². The van der Waals surface area contributed by atoms with Gasteiger partial charge in [-0.15, -0.1) is 0 Å². The first-order chi connectivity index (χ1) is 11.6. The van der Waals surface area contributed by atoms with Crippen LogP contribution in [-0.4, -0.2) is 35.5 Å². The Bertz CT molecular complexity index is 767. The predicted molar refractivity (Wildman–Crippen MR) is 89.0 cm³/mol. The molecule has 2 aromatic rings. The van der Waals surface area contributed by atoms with Gasteiger partial charge in [-0.2, -0.15) is 0 Å². The van der Waals surface area contributed by atoms with Crippen molar-refractivity contribution in [2.75, 3.05) is 13.7 Å². The Balaban J connectivity index is 1.77. The Morgan fingerprint density at radius 2 is 1.79 bits per heavy atom. The molecule has 0 aromatic heterocycles. The van der Waals surface area contributed by atoms with Crippen molar-refractivity contribution < 1.29 is 19.4 Å². The van der Waals surface area contributed by atoms with E-state index in [2.05, 4.69) is 0 Å². The maximum atomic E-state index is 12.7. The van der Waals surface area contributed by atoms with E-state index in [1.54, 1.807) is 36.3 Å². The lowest BCUT2D eigenvalue weighted by Crippen LogP contribution is -2.36. The molecule has 0 atom stereocenters. The number of fused-ring (bicyclic) bond motifs is 1. The van der Waals surface area contributed by atoms with Gasteiger partial charge in [0.05, 0.1) is 12.2 Å². The fraction of sp³-hybridized carbons (Fsp3) is 0.263. The van der Waals surface area contributed by atoms with Crippen molar-refractivity contribution in [1.29, 1.82) is 0 Å². The smallest absolute Gasteiger partial charge is 0.335 e. The summed E-state index contributed by atoms with van der Waals surface area (Å²) in [5.74, 6) is -0.986. The van der Waals surface area contributed by atoms with Gasteiger partial charge >= 0.3 is 5.97 Å². The summed E-state index contributed by atoms with van der Waals surface area (Å²) in [7, 11) is 1.63. The van der Waals surface area contributed by atoms with E-state index < -0.39 is 5.97 Å². The molecule has 124 valence electrons. The molecule has 2 aromatic carbocycles. The molecule has 3 rings (SSSR count). The van der Waals surface area contributed by atoms with E-state index >= 15 is 0 Å². The molecule has 0 radical (unpaired) electrons. The van der Waals surface area contributed by atoms with Crippen LogP contribution in [0.3, 0.4) is 0 Å². The molecule has 1 aliphatic heterocycles. The van der Waals surface area contributed by atoms with Gasteiger partial charge in [-0.3, -0.25) is 4.79 Å². The summed E-state index contributed by atoms with van der Waals surface area (Å²) in [4.78, 5) is 25.6. The predicted octanol–water partition coefficient (Wildman–Crippen LogP) is 2.73. The van der Waals surface area contributed by atoms with Gasteiger partial charge in [0.15, 0.2) is 0 Å². The molecule has 1 amide bonds. The fourth-order valence-corrected chi connectivity index (χ4v) is 2.96. The van der Waals surface area contributed by atoms with Crippen LogP contribution < -0.4 is 0 Å². The van der Waals surface area contributed by atoms with Gasteiger partial charge in [-0.1, -0.05) is 18.2 Å². The lowest BCUT2D eigenvalue weighted by atomic mass is 9.97. The van der Waals surface area contributed by atoms with Gasteiger partial charge in [0.2, 0.25) is 0 Å². The largest absolute Gasteiger partial charge is 0.478 e. The quantitative estimate of drug-likeness (QED) is 0.938. The van der Waals surface area contributed by atoms with Crippen LogP contribution >= 0.6 is 0 Å². The Morgan fingerprint density at radius 1 is 1.08 bits per heavy atom. The van der Waals surface area contributed by atoms with Gasteiger partial charge in [-0.05, 0) is 47.4 Å². The van der Waals surface area contributed by atoms with E-state index in [1.165, 1.54) is 0 Å². The number of hydrogen-bond donors (Lipinski definition) is 1. The topological polar surface area (TPSA) is 66.8 Å². The first-order valence-corrected chi connectivity index (χ1v) is 7.80. The number of benzene rings is 2. The molecule has 0 fully saturated rings. The summed E-state index contributed by atoms with van der Waals surface area (Å²) in [5, 5.41) is 9.12. The van der Waals surface area contributed by atoms with E-state index in [0.29, 0.717) is 25.3 Å². The lowest BCUT2D eigenvalue weighted by Gasteiger charge is -2.29. The number of amides is 1. The number of carbonyl (C=O) groups excluding carboxylic acids is 1. The molecule has 5 heteroatoms. The number of rotatable bonds is 4. The van der Waals surface area contributed by atoms with Crippen LogP contribution in [0.15, 0.2) is 42.5 Å². The molecule has 0 aliphatic carbocycles. The van der Waals surface area contributed by atoms with Gasteiger partial charge in [-0.25, -0.2) is 4.79 Å². The zero-order valence-corrected chi connectivity index (χ0v) is 13.5. The molecule has 5 nitrogen and oxygen atoms in total. The number of aromatic carboxylic acids is 1. The third-order valence-corrected chi connectivity index (χ3v) is 4.26. The van der Waals surface area contributed by atoms with Crippen molar-refractivity contribution in [3.63, 3.8) is 0 Å². The standard InChI is InChI=1S/C19H19NO4/c1-24-12-13-2-4-15(5-3-13)18(21)20-9-8-14-6-7-16(19(22)23)10-17(14)11-20/h2-7,10H,8-9,11-12H2,1H3,(H,22,23). The number of hydrogen-bond acceptors (Lipinski definition) is 3. The highest BCUT2D eigenvalue weighted by Gasteiger charge is 2.22. The van der Waals surface area contributed by atoms with Crippen LogP contribution in [0.25, 0.3) is 0 Å². The minimum atomic E-state index is -0.949. The zero-order valence-electron chi connectivity index (χ0n) is 13.5. The highest BCUT2D eigenvalue weighted by Crippen LogP contribution is 2.22. The highest BCUT2D eigenvalue weighted by atomic mass is 16.5. The Hall–Kier alpha value is -2.66. The highest BCUT2D eigenvalue weighted by molar-refractivity contribution is 5.94. The maximum Gasteiger partial charge on any atom is 0.335 e. The van der Waals surface area contributed by atoms with E-state index in [4.69, 9.17) is 9.84 Å². The molecule has 24 heavy (non-hydrogen) atoms. The number of nitrogens with zero attached hydrogens (tertiary/aromatic N) is 1. The molecule has 0 bridgehead atoms. The molecule has 0 spiro atoms.